The molecule has 2 aromatic heterocycles. The number of rotatable bonds is 4. The van der Waals surface area contributed by atoms with Gasteiger partial charge in [0.1, 0.15) is 5.76 Å². The summed E-state index contributed by atoms with van der Waals surface area (Å²) in [7, 11) is -3.52. The second kappa shape index (κ2) is 8.39. The number of thioether (sulfide) groups is 1. The van der Waals surface area contributed by atoms with E-state index in [9.17, 15) is 18.0 Å². The lowest BCUT2D eigenvalue weighted by Gasteiger charge is -2.03. The normalized spacial score (nSPS) is 15.2. The number of hydrogen-bond acceptors (Lipinski definition) is 7. The minimum Gasteiger partial charge on any atom is -0.455 e. The molecule has 0 saturated carbocycles. The third-order valence-electron chi connectivity index (χ3n) is 4.20. The number of hydrogen-bond donors (Lipinski definition) is 2. The predicted octanol–water partition coefficient (Wildman–Crippen LogP) is 2.85. The lowest BCUT2D eigenvalue weighted by Crippen LogP contribution is -2.22. The fourth-order valence-electron chi connectivity index (χ4n) is 2.82. The number of benzene rings is 1. The van der Waals surface area contributed by atoms with E-state index in [1.54, 1.807) is 37.5 Å². The molecule has 156 valence electrons. The molecule has 1 aliphatic heterocycles. The highest BCUT2D eigenvalue weighted by molar-refractivity contribution is 8.18. The Kier molecular flexibility index (Phi) is 5.65. The molecule has 3 aromatic rings. The molecule has 8 nitrogen and oxygen atoms in total. The largest absolute Gasteiger partial charge is 0.455 e. The number of sulfonamides is 1. The molecular weight excluding hydrogens is 438 g/mol. The molecule has 0 spiro atoms. The van der Waals surface area contributed by atoms with Crippen LogP contribution in [0.5, 0.6) is 0 Å². The van der Waals surface area contributed by atoms with Crippen molar-refractivity contribution in [3.8, 4) is 11.8 Å². The first-order chi connectivity index (χ1) is 14.9. The molecule has 4 rings (SSSR count). The minimum absolute atomic E-state index is 0.166. The smallest absolute Gasteiger partial charge is 0.290 e. The van der Waals surface area contributed by atoms with Crippen LogP contribution < -0.4 is 10.0 Å². The summed E-state index contributed by atoms with van der Waals surface area (Å²) >= 11 is 0.807. The molecule has 1 fully saturated rings. The molecule has 2 N–H and O–H groups in total. The molecule has 0 unspecified atom stereocenters. The van der Waals surface area contributed by atoms with Gasteiger partial charge in [-0.1, -0.05) is 18.8 Å². The van der Waals surface area contributed by atoms with Crippen molar-refractivity contribution in [2.75, 3.05) is 6.54 Å². The second-order valence-corrected chi connectivity index (χ2v) is 9.16. The Labute approximate surface area is 182 Å². The van der Waals surface area contributed by atoms with Crippen molar-refractivity contribution in [2.24, 2.45) is 0 Å². The van der Waals surface area contributed by atoms with Crippen molar-refractivity contribution in [1.29, 1.82) is 0 Å². The first-order valence-corrected chi connectivity index (χ1v) is 11.4. The van der Waals surface area contributed by atoms with E-state index in [4.69, 9.17) is 4.42 Å². The fraction of sp³-hybridized carbons (Fsp3) is 0.0952. The monoisotopic (exact) mass is 453 g/mol. The van der Waals surface area contributed by atoms with Crippen LogP contribution in [-0.2, 0) is 14.8 Å². The van der Waals surface area contributed by atoms with Crippen molar-refractivity contribution >= 4 is 50.0 Å². The summed E-state index contributed by atoms with van der Waals surface area (Å²) in [6.07, 6.45) is 4.66. The summed E-state index contributed by atoms with van der Waals surface area (Å²) in [5.74, 6) is 5.88. The summed E-state index contributed by atoms with van der Waals surface area (Å²) in [6, 6.07) is 7.93. The van der Waals surface area contributed by atoms with Gasteiger partial charge >= 0.3 is 0 Å². The highest BCUT2D eigenvalue weighted by atomic mass is 32.2. The van der Waals surface area contributed by atoms with Gasteiger partial charge in [0.05, 0.1) is 15.4 Å². The molecular formula is C21H15N3O5S2. The maximum atomic E-state index is 12.0. The van der Waals surface area contributed by atoms with E-state index in [2.05, 4.69) is 26.9 Å². The fourth-order valence-corrected chi connectivity index (χ4v) is 4.53. The van der Waals surface area contributed by atoms with Gasteiger partial charge in [-0.15, -0.1) is 0 Å². The maximum Gasteiger partial charge on any atom is 0.290 e. The van der Waals surface area contributed by atoms with Crippen molar-refractivity contribution in [3.63, 3.8) is 0 Å². The van der Waals surface area contributed by atoms with Crippen molar-refractivity contribution in [3.05, 3.63) is 64.5 Å². The van der Waals surface area contributed by atoms with Crippen LogP contribution in [0.15, 0.2) is 56.9 Å². The number of pyridine rings is 1. The van der Waals surface area contributed by atoms with E-state index in [-0.39, 0.29) is 9.80 Å². The van der Waals surface area contributed by atoms with E-state index in [1.165, 1.54) is 18.2 Å². The molecule has 0 atom stereocenters. The number of nitrogens with one attached hydrogen (secondary N) is 2. The first-order valence-electron chi connectivity index (χ1n) is 9.10. The molecule has 0 aliphatic carbocycles. The summed E-state index contributed by atoms with van der Waals surface area (Å²) in [5, 5.41) is 2.46. The molecule has 10 heteroatoms. The molecule has 2 amide bonds. The molecule has 3 heterocycles. The van der Waals surface area contributed by atoms with Gasteiger partial charge in [0.2, 0.25) is 10.0 Å². The minimum atomic E-state index is -3.52. The van der Waals surface area contributed by atoms with E-state index in [1.807, 2.05) is 0 Å². The Hall–Kier alpha value is -3.39. The van der Waals surface area contributed by atoms with Crippen molar-refractivity contribution in [2.45, 2.75) is 11.8 Å². The van der Waals surface area contributed by atoms with Crippen LogP contribution >= 0.6 is 11.8 Å². The molecule has 1 aliphatic rings. The quantitative estimate of drug-likeness (QED) is 0.461. The summed E-state index contributed by atoms with van der Waals surface area (Å²) in [6.45, 7) is 2.02. The first kappa shape index (κ1) is 20.9. The molecule has 0 radical (unpaired) electrons. The number of furan rings is 1. The standard InChI is InChI=1S/C21H15N3O5S2/c1-2-23-31(27,28)17-7-4-13(5-8-17)3-6-14-11-22-12-15-9-16(29-19(14)15)10-18-20(25)24-21(26)30-18/h4-5,7-12,23H,2H2,1H3,(H,24,25,26)/b18-10+. The van der Waals surface area contributed by atoms with Gasteiger partial charge in [0.25, 0.3) is 11.1 Å². The average molecular weight is 454 g/mol. The van der Waals surface area contributed by atoms with Crippen molar-refractivity contribution < 1.29 is 22.4 Å². The van der Waals surface area contributed by atoms with Gasteiger partial charge in [0.15, 0.2) is 5.58 Å². The molecule has 31 heavy (non-hydrogen) atoms. The lowest BCUT2D eigenvalue weighted by atomic mass is 10.2. The van der Waals surface area contributed by atoms with Crippen molar-refractivity contribution in [1.82, 2.24) is 15.0 Å². The average Bonchev–Trinajstić information content (AvgIpc) is 3.28. The van der Waals surface area contributed by atoms with Gasteiger partial charge < -0.3 is 4.42 Å². The third-order valence-corrected chi connectivity index (χ3v) is 6.57. The Morgan fingerprint density at radius 3 is 2.65 bits per heavy atom. The van der Waals surface area contributed by atoms with Crippen LogP contribution in [0.1, 0.15) is 23.8 Å². The van der Waals surface area contributed by atoms with Crippen LogP contribution in [0.3, 0.4) is 0 Å². The number of carbonyl (C=O) groups excluding carboxylic acids is 2. The second-order valence-electron chi connectivity index (χ2n) is 6.38. The summed E-state index contributed by atoms with van der Waals surface area (Å²) < 4.78 is 32.3. The zero-order valence-corrected chi connectivity index (χ0v) is 17.8. The van der Waals surface area contributed by atoms with Crippen LogP contribution in [0.25, 0.3) is 17.0 Å². The van der Waals surface area contributed by atoms with Crippen LogP contribution in [0.2, 0.25) is 0 Å². The Morgan fingerprint density at radius 2 is 1.97 bits per heavy atom. The van der Waals surface area contributed by atoms with E-state index in [0.717, 1.165) is 11.8 Å². The van der Waals surface area contributed by atoms with Gasteiger partial charge in [-0.05, 0) is 42.1 Å². The van der Waals surface area contributed by atoms with E-state index in [0.29, 0.717) is 34.4 Å². The number of nitrogens with zero attached hydrogens (tertiary/aromatic N) is 1. The Bertz CT molecular complexity index is 1390. The van der Waals surface area contributed by atoms with E-state index < -0.39 is 21.2 Å². The van der Waals surface area contributed by atoms with Gasteiger partial charge in [-0.3, -0.25) is 19.9 Å². The number of fused-ring (bicyclic) bond motifs is 1. The number of carbonyl (C=O) groups is 2. The highest BCUT2D eigenvalue weighted by Crippen LogP contribution is 2.28. The molecule has 1 saturated heterocycles. The van der Waals surface area contributed by atoms with Gasteiger partial charge in [-0.25, -0.2) is 13.1 Å². The maximum absolute atomic E-state index is 12.0. The lowest BCUT2D eigenvalue weighted by molar-refractivity contribution is -0.115. The third kappa shape index (κ3) is 4.54. The van der Waals surface area contributed by atoms with Gasteiger partial charge in [0, 0.05) is 36.0 Å². The SMILES string of the molecule is CCNS(=O)(=O)c1ccc(C#Cc2cncc3cc(/C=C4/SC(=O)NC4=O)oc23)cc1. The van der Waals surface area contributed by atoms with Crippen LogP contribution in [-0.4, -0.2) is 31.1 Å². The predicted molar refractivity (Wildman–Crippen MR) is 116 cm³/mol. The topological polar surface area (TPSA) is 118 Å². The summed E-state index contributed by atoms with van der Waals surface area (Å²) in [5.41, 5.74) is 1.65. The number of aromatic nitrogens is 1. The van der Waals surface area contributed by atoms with Crippen LogP contribution in [0.4, 0.5) is 4.79 Å². The molecule has 0 bridgehead atoms. The summed E-state index contributed by atoms with van der Waals surface area (Å²) in [4.78, 5) is 27.6. The number of amides is 2. The zero-order chi connectivity index (χ0) is 22.0. The Balaban J connectivity index is 1.62. The van der Waals surface area contributed by atoms with Gasteiger partial charge in [-0.2, -0.15) is 0 Å². The molecule has 1 aromatic carbocycles. The van der Waals surface area contributed by atoms with Crippen LogP contribution in [0, 0.1) is 11.8 Å². The highest BCUT2D eigenvalue weighted by Gasteiger charge is 2.25. The Morgan fingerprint density at radius 1 is 1.19 bits per heavy atom. The van der Waals surface area contributed by atoms with E-state index >= 15 is 0 Å². The zero-order valence-electron chi connectivity index (χ0n) is 16.1. The number of imide groups is 1.